The standard InChI is InChI=1S/3C2H4O2.2La.3NO3/c3*1-2(3)4;;;3*2-1(3)4/h3*1H3,(H,3,4);;;;;/q;;;2*+3;3*-1/p-3. The summed E-state index contributed by atoms with van der Waals surface area (Å²) in [7, 11) is 0. The second kappa shape index (κ2) is 43.7. The molecule has 0 amide bonds. The number of hydrogen-bond acceptors (Lipinski definition) is 15. The van der Waals surface area contributed by atoms with E-state index in [4.69, 9.17) is 75.7 Å². The molecule has 0 rings (SSSR count). The van der Waals surface area contributed by atoms with E-state index in [0.717, 1.165) is 20.8 Å². The van der Waals surface area contributed by atoms with Crippen molar-refractivity contribution in [1.82, 2.24) is 0 Å². The van der Waals surface area contributed by atoms with Crippen molar-refractivity contribution in [3.8, 4) is 0 Å². The van der Waals surface area contributed by atoms with Gasteiger partial charge in [0.05, 0.1) is 15.3 Å². The zero-order valence-corrected chi connectivity index (χ0v) is 20.4. The fraction of sp³-hybridized carbons (Fsp3) is 0.500. The minimum Gasteiger partial charge on any atom is -0.550 e. The average Bonchev–Trinajstić information content (AvgIpc) is 2.08. The molecule has 0 N–H and O–H groups in total. The number of rotatable bonds is 0. The fourth-order valence-corrected chi connectivity index (χ4v) is 0. The average molecular weight is 641 g/mol. The summed E-state index contributed by atoms with van der Waals surface area (Å²) in [5.74, 6) is -3.25. The summed E-state index contributed by atoms with van der Waals surface area (Å²) in [5.41, 5.74) is 0. The minimum atomic E-state index is -1.75. The van der Waals surface area contributed by atoms with Crippen LogP contribution in [0.2, 0.25) is 0 Å². The van der Waals surface area contributed by atoms with E-state index in [1.807, 2.05) is 0 Å². The number of carboxylic acids is 3. The molecule has 26 heavy (non-hydrogen) atoms. The zero-order chi connectivity index (χ0) is 21.5. The van der Waals surface area contributed by atoms with Crippen molar-refractivity contribution in [2.75, 3.05) is 0 Å². The van der Waals surface area contributed by atoms with E-state index in [2.05, 4.69) is 0 Å². The van der Waals surface area contributed by atoms with Crippen LogP contribution in [0, 0.1) is 117 Å². The van der Waals surface area contributed by atoms with Gasteiger partial charge in [-0.3, -0.25) is 0 Å². The van der Waals surface area contributed by atoms with Crippen LogP contribution in [0.3, 0.4) is 0 Å². The summed E-state index contributed by atoms with van der Waals surface area (Å²) in [6.07, 6.45) is 0. The van der Waals surface area contributed by atoms with Gasteiger partial charge in [-0.05, 0) is 20.8 Å². The van der Waals surface area contributed by atoms with E-state index in [1.165, 1.54) is 0 Å². The Hall–Kier alpha value is -1.60. The van der Waals surface area contributed by atoms with Gasteiger partial charge in [0.2, 0.25) is 0 Å². The molecule has 18 nitrogen and oxygen atoms in total. The van der Waals surface area contributed by atoms with Crippen molar-refractivity contribution in [3.63, 3.8) is 0 Å². The van der Waals surface area contributed by atoms with Crippen LogP contribution in [0.1, 0.15) is 20.8 Å². The molecule has 0 radical (unpaired) electrons. The summed E-state index contributed by atoms with van der Waals surface area (Å²) in [5, 5.41) is 70.9. The van der Waals surface area contributed by atoms with Gasteiger partial charge in [0.25, 0.3) is 0 Å². The molecule has 0 aliphatic rings. The maximum absolute atomic E-state index is 8.89. The van der Waals surface area contributed by atoms with Gasteiger partial charge >= 0.3 is 71.2 Å². The van der Waals surface area contributed by atoms with Crippen LogP contribution in [0.25, 0.3) is 0 Å². The van der Waals surface area contributed by atoms with E-state index in [-0.39, 0.29) is 71.2 Å². The van der Waals surface area contributed by atoms with Gasteiger partial charge in [0.1, 0.15) is 0 Å². The Kier molecular flexibility index (Phi) is 83.4. The van der Waals surface area contributed by atoms with Crippen LogP contribution < -0.4 is 15.3 Å². The third-order valence-electron chi connectivity index (χ3n) is 0. The Bertz CT molecular complexity index is 273. The molecule has 0 saturated heterocycles. The van der Waals surface area contributed by atoms with Gasteiger partial charge in [-0.2, -0.15) is 0 Å². The van der Waals surface area contributed by atoms with Gasteiger partial charge in [-0.1, -0.05) is 0 Å². The Morgan fingerprint density at radius 2 is 0.500 bits per heavy atom. The SMILES string of the molecule is CC(=O)[O-].CC(=O)[O-].CC(=O)[O-].O=[N+]([O-])[O-].O=[N+]([O-])[O-].O=[N+]([O-])[O-].[La+3].[La+3]. The van der Waals surface area contributed by atoms with E-state index >= 15 is 0 Å². The molecule has 0 aromatic heterocycles. The Morgan fingerprint density at radius 3 is 0.500 bits per heavy atom. The molecule has 20 heteroatoms. The molecule has 0 aromatic rings. The number of carboxylic acid groups (broad SMARTS) is 3. The summed E-state index contributed by atoms with van der Waals surface area (Å²) >= 11 is 0. The van der Waals surface area contributed by atoms with E-state index < -0.39 is 33.2 Å². The van der Waals surface area contributed by atoms with Crippen LogP contribution in [0.4, 0.5) is 0 Å². The third kappa shape index (κ3) is 4000. The van der Waals surface area contributed by atoms with Gasteiger partial charge in [-0.15, -0.1) is 0 Å². The van der Waals surface area contributed by atoms with Crippen LogP contribution in [-0.4, -0.2) is 33.2 Å². The molecule has 0 heterocycles. The monoisotopic (exact) mass is 641 g/mol. The van der Waals surface area contributed by atoms with Crippen molar-refractivity contribution >= 4 is 17.9 Å². The molecule has 0 unspecified atom stereocenters. The Labute approximate surface area is 199 Å². The van der Waals surface area contributed by atoms with Gasteiger partial charge in [0, 0.05) is 17.9 Å². The normalized spacial score (nSPS) is 5.65. The molecule has 0 atom stereocenters. The van der Waals surface area contributed by atoms with Gasteiger partial charge in [-0.25, -0.2) is 0 Å². The molecule has 0 bridgehead atoms. The van der Waals surface area contributed by atoms with Crippen molar-refractivity contribution in [2.24, 2.45) is 0 Å². The number of aliphatic carboxylic acids is 3. The number of hydrogen-bond donors (Lipinski definition) is 0. The van der Waals surface area contributed by atoms with Crippen molar-refractivity contribution in [3.05, 3.63) is 46.0 Å². The number of carbonyl (C=O) groups is 3. The molecule has 0 spiro atoms. The zero-order valence-electron chi connectivity index (χ0n) is 13.1. The molecular weight excluding hydrogens is 632 g/mol. The predicted molar refractivity (Wildman–Crippen MR) is 63.1 cm³/mol. The molecule has 0 aromatic carbocycles. The minimum absolute atomic E-state index is 0. The first-order valence-corrected chi connectivity index (χ1v) is 4.37. The maximum Gasteiger partial charge on any atom is 3.00 e. The fourth-order valence-electron chi connectivity index (χ4n) is 0. The summed E-state index contributed by atoms with van der Waals surface area (Å²) in [6.45, 7) is 2.92. The third-order valence-corrected chi connectivity index (χ3v) is 0. The van der Waals surface area contributed by atoms with E-state index in [1.54, 1.807) is 0 Å². The largest absolute Gasteiger partial charge is 3.00 e. The van der Waals surface area contributed by atoms with Crippen LogP contribution in [-0.2, 0) is 14.4 Å². The van der Waals surface area contributed by atoms with Crippen LogP contribution in [0.5, 0.6) is 0 Å². The second-order valence-corrected chi connectivity index (χ2v) is 2.15. The molecule has 0 aliphatic carbocycles. The van der Waals surface area contributed by atoms with Crippen LogP contribution in [0.15, 0.2) is 0 Å². The molecule has 0 aliphatic heterocycles. The van der Waals surface area contributed by atoms with Gasteiger partial charge in [0.15, 0.2) is 0 Å². The van der Waals surface area contributed by atoms with Crippen molar-refractivity contribution < 1.29 is 116 Å². The Morgan fingerprint density at radius 1 is 0.500 bits per heavy atom. The Balaban J connectivity index is -0.0000000245. The first-order valence-electron chi connectivity index (χ1n) is 4.37. The predicted octanol–water partition coefficient (Wildman–Crippen LogP) is -4.45. The smallest absolute Gasteiger partial charge is 0.550 e. The number of carbonyl (C=O) groups excluding carboxylic acids is 3. The molecule has 144 valence electrons. The first kappa shape index (κ1) is 49.7. The summed E-state index contributed by atoms with van der Waals surface area (Å²) in [6, 6.07) is 0. The van der Waals surface area contributed by atoms with Crippen molar-refractivity contribution in [2.45, 2.75) is 20.8 Å². The first-order chi connectivity index (χ1) is 10.4. The second-order valence-electron chi connectivity index (χ2n) is 2.15. The quantitative estimate of drug-likeness (QED) is 0.178. The van der Waals surface area contributed by atoms with Crippen LogP contribution >= 0.6 is 0 Å². The summed E-state index contributed by atoms with van der Waals surface area (Å²) in [4.78, 5) is 51.4. The molecule has 0 fully saturated rings. The van der Waals surface area contributed by atoms with Gasteiger partial charge < -0.3 is 75.7 Å². The summed E-state index contributed by atoms with van der Waals surface area (Å²) < 4.78 is 0. The number of nitrogens with zero attached hydrogens (tertiary/aromatic N) is 3. The maximum atomic E-state index is 8.89. The topological polar surface area (TPSA) is 319 Å². The molecular formula is C6H9La2N3O15. The van der Waals surface area contributed by atoms with E-state index in [9.17, 15) is 0 Å². The van der Waals surface area contributed by atoms with Crippen molar-refractivity contribution in [1.29, 1.82) is 0 Å². The molecule has 0 saturated carbocycles. The van der Waals surface area contributed by atoms with E-state index in [0.29, 0.717) is 0 Å².